The summed E-state index contributed by atoms with van der Waals surface area (Å²) in [6.45, 7) is 0.463. The molecule has 2 rings (SSSR count). The minimum absolute atomic E-state index is 0.0295. The summed E-state index contributed by atoms with van der Waals surface area (Å²) >= 11 is 0. The van der Waals surface area contributed by atoms with Crippen LogP contribution in [0.15, 0.2) is 29.2 Å². The molecule has 1 aliphatic heterocycles. The Bertz CT molecular complexity index is 754. The van der Waals surface area contributed by atoms with Gasteiger partial charge in [-0.3, -0.25) is 4.79 Å². The zero-order valence-corrected chi connectivity index (χ0v) is 13.8. The number of sulfonamides is 1. The molecule has 1 amide bonds. The normalized spacial score (nSPS) is 16.2. The van der Waals surface area contributed by atoms with E-state index >= 15 is 0 Å². The van der Waals surface area contributed by atoms with Gasteiger partial charge in [-0.15, -0.1) is 0 Å². The van der Waals surface area contributed by atoms with Crippen LogP contribution in [0.3, 0.4) is 0 Å². The monoisotopic (exact) mass is 346 g/mol. The average molecular weight is 346 g/mol. The van der Waals surface area contributed by atoms with Gasteiger partial charge in [0.15, 0.2) is 0 Å². The number of sulfone groups is 1. The number of carbonyl (C=O) groups is 1. The molecule has 7 nitrogen and oxygen atoms in total. The topological polar surface area (TPSA) is 101 Å². The fourth-order valence-corrected chi connectivity index (χ4v) is 3.81. The molecule has 0 saturated carbocycles. The molecule has 22 heavy (non-hydrogen) atoms. The van der Waals surface area contributed by atoms with Gasteiger partial charge < -0.3 is 4.90 Å². The van der Waals surface area contributed by atoms with Crippen LogP contribution in [0.1, 0.15) is 12.8 Å². The molecule has 1 heterocycles. The van der Waals surface area contributed by atoms with E-state index in [1.807, 2.05) is 0 Å². The third kappa shape index (κ3) is 4.28. The highest BCUT2D eigenvalue weighted by atomic mass is 32.2. The number of nitrogens with one attached hydrogen (secondary N) is 1. The number of hydrogen-bond acceptors (Lipinski definition) is 5. The molecule has 1 aromatic carbocycles. The number of rotatable bonds is 6. The molecule has 122 valence electrons. The van der Waals surface area contributed by atoms with Crippen molar-refractivity contribution in [2.75, 3.05) is 30.0 Å². The zero-order valence-electron chi connectivity index (χ0n) is 12.1. The smallest absolute Gasteiger partial charge is 0.240 e. The van der Waals surface area contributed by atoms with Crippen molar-refractivity contribution in [2.45, 2.75) is 17.7 Å². The molecule has 0 radical (unpaired) electrons. The van der Waals surface area contributed by atoms with Crippen LogP contribution >= 0.6 is 0 Å². The predicted molar refractivity (Wildman–Crippen MR) is 82.9 cm³/mol. The van der Waals surface area contributed by atoms with Crippen molar-refractivity contribution in [3.8, 4) is 0 Å². The highest BCUT2D eigenvalue weighted by Gasteiger charge is 2.22. The van der Waals surface area contributed by atoms with Gasteiger partial charge in [0, 0.05) is 31.5 Å². The Hall–Kier alpha value is -1.45. The van der Waals surface area contributed by atoms with Crippen molar-refractivity contribution in [1.82, 2.24) is 4.72 Å². The lowest BCUT2D eigenvalue weighted by Crippen LogP contribution is -2.29. The van der Waals surface area contributed by atoms with Crippen molar-refractivity contribution >= 4 is 31.5 Å². The van der Waals surface area contributed by atoms with Crippen LogP contribution in [0.4, 0.5) is 5.69 Å². The summed E-state index contributed by atoms with van der Waals surface area (Å²) in [4.78, 5) is 13.3. The summed E-state index contributed by atoms with van der Waals surface area (Å²) in [5, 5.41) is 0. The molecule has 1 N–H and O–H groups in total. The minimum atomic E-state index is -3.75. The molecule has 0 aliphatic carbocycles. The quantitative estimate of drug-likeness (QED) is 0.789. The van der Waals surface area contributed by atoms with E-state index in [-0.39, 0.29) is 23.1 Å². The van der Waals surface area contributed by atoms with E-state index in [1.54, 1.807) is 17.0 Å². The second kappa shape index (κ2) is 6.35. The highest BCUT2D eigenvalue weighted by molar-refractivity contribution is 7.91. The van der Waals surface area contributed by atoms with Crippen molar-refractivity contribution in [1.29, 1.82) is 0 Å². The van der Waals surface area contributed by atoms with E-state index in [1.165, 1.54) is 12.1 Å². The van der Waals surface area contributed by atoms with Gasteiger partial charge in [-0.25, -0.2) is 21.6 Å². The standard InChI is InChI=1S/C13H18N2O5S2/c1-21(17,18)10-8-14-22(19,20)12-6-4-11(5-7-12)15-9-2-3-13(15)16/h4-7,14H,2-3,8-10H2,1H3. The molecule has 1 fully saturated rings. The molecule has 1 aromatic rings. The first kappa shape index (κ1) is 16.9. The van der Waals surface area contributed by atoms with Crippen LogP contribution < -0.4 is 9.62 Å². The Labute approximate surface area is 130 Å². The average Bonchev–Trinajstić information content (AvgIpc) is 2.83. The summed E-state index contributed by atoms with van der Waals surface area (Å²) < 4.78 is 48.3. The Kier molecular flexibility index (Phi) is 4.88. The minimum Gasteiger partial charge on any atom is -0.312 e. The molecule has 9 heteroatoms. The molecule has 0 unspecified atom stereocenters. The number of carbonyl (C=O) groups excluding carboxylic acids is 1. The largest absolute Gasteiger partial charge is 0.312 e. The summed E-state index contributed by atoms with van der Waals surface area (Å²) in [5.41, 5.74) is 0.664. The van der Waals surface area contributed by atoms with Crippen LogP contribution in [0.25, 0.3) is 0 Å². The molecule has 0 bridgehead atoms. The van der Waals surface area contributed by atoms with Crippen LogP contribution in [0.5, 0.6) is 0 Å². The van der Waals surface area contributed by atoms with Crippen LogP contribution in [-0.2, 0) is 24.7 Å². The van der Waals surface area contributed by atoms with E-state index < -0.39 is 19.9 Å². The Morgan fingerprint density at radius 1 is 1.14 bits per heavy atom. The summed E-state index contributed by atoms with van der Waals surface area (Å²) in [7, 11) is -6.98. The van der Waals surface area contributed by atoms with Crippen molar-refractivity contribution in [3.63, 3.8) is 0 Å². The first-order valence-corrected chi connectivity index (χ1v) is 10.3. The number of anilines is 1. The second-order valence-electron chi connectivity index (χ2n) is 5.17. The Morgan fingerprint density at radius 2 is 1.77 bits per heavy atom. The van der Waals surface area contributed by atoms with Crippen LogP contribution in [0.2, 0.25) is 0 Å². The molecule has 0 spiro atoms. The molecule has 1 saturated heterocycles. The van der Waals surface area contributed by atoms with Gasteiger partial charge in [0.1, 0.15) is 9.84 Å². The van der Waals surface area contributed by atoms with E-state index in [0.717, 1.165) is 12.7 Å². The highest BCUT2D eigenvalue weighted by Crippen LogP contribution is 2.22. The van der Waals surface area contributed by atoms with Gasteiger partial charge in [0.25, 0.3) is 0 Å². The number of hydrogen-bond donors (Lipinski definition) is 1. The molecule has 0 atom stereocenters. The molecular formula is C13H18N2O5S2. The molecular weight excluding hydrogens is 328 g/mol. The molecule has 1 aliphatic rings. The maximum atomic E-state index is 12.0. The number of nitrogens with zero attached hydrogens (tertiary/aromatic N) is 1. The van der Waals surface area contributed by atoms with Crippen molar-refractivity contribution < 1.29 is 21.6 Å². The predicted octanol–water partition coefficient (Wildman–Crippen LogP) is 0.136. The van der Waals surface area contributed by atoms with Crippen molar-refractivity contribution in [3.05, 3.63) is 24.3 Å². The SMILES string of the molecule is CS(=O)(=O)CCNS(=O)(=O)c1ccc(N2CCCC2=O)cc1. The van der Waals surface area contributed by atoms with Gasteiger partial charge in [0.2, 0.25) is 15.9 Å². The van der Waals surface area contributed by atoms with Crippen LogP contribution in [-0.4, -0.2) is 47.8 Å². The lowest BCUT2D eigenvalue weighted by Gasteiger charge is -2.16. The van der Waals surface area contributed by atoms with Gasteiger partial charge >= 0.3 is 0 Å². The van der Waals surface area contributed by atoms with Crippen molar-refractivity contribution in [2.24, 2.45) is 0 Å². The first-order valence-electron chi connectivity index (χ1n) is 6.77. The lowest BCUT2D eigenvalue weighted by molar-refractivity contribution is -0.117. The van der Waals surface area contributed by atoms with E-state index in [4.69, 9.17) is 0 Å². The first-order chi connectivity index (χ1) is 10.2. The summed E-state index contributed by atoms with van der Waals surface area (Å²) in [5.74, 6) is -0.228. The number of amides is 1. The van der Waals surface area contributed by atoms with Crippen LogP contribution in [0, 0.1) is 0 Å². The van der Waals surface area contributed by atoms with E-state index in [9.17, 15) is 21.6 Å². The second-order valence-corrected chi connectivity index (χ2v) is 9.20. The van der Waals surface area contributed by atoms with Gasteiger partial charge in [-0.2, -0.15) is 0 Å². The van der Waals surface area contributed by atoms with E-state index in [0.29, 0.717) is 18.7 Å². The maximum absolute atomic E-state index is 12.0. The van der Waals surface area contributed by atoms with Gasteiger partial charge in [0.05, 0.1) is 10.6 Å². The van der Waals surface area contributed by atoms with Gasteiger partial charge in [-0.1, -0.05) is 0 Å². The molecule has 0 aromatic heterocycles. The third-order valence-corrected chi connectivity index (χ3v) is 5.72. The lowest BCUT2D eigenvalue weighted by atomic mass is 10.3. The zero-order chi connectivity index (χ0) is 16.4. The maximum Gasteiger partial charge on any atom is 0.240 e. The Balaban J connectivity index is 2.07. The number of benzene rings is 1. The third-order valence-electron chi connectivity index (χ3n) is 3.30. The summed E-state index contributed by atoms with van der Waals surface area (Å²) in [6, 6.07) is 5.97. The summed E-state index contributed by atoms with van der Waals surface area (Å²) in [6.07, 6.45) is 2.35. The fourth-order valence-electron chi connectivity index (χ4n) is 2.17. The fraction of sp³-hybridized carbons (Fsp3) is 0.462. The van der Waals surface area contributed by atoms with E-state index in [2.05, 4.69) is 4.72 Å². The Morgan fingerprint density at radius 3 is 2.27 bits per heavy atom. The van der Waals surface area contributed by atoms with Gasteiger partial charge in [-0.05, 0) is 30.7 Å².